The van der Waals surface area contributed by atoms with E-state index in [0.717, 1.165) is 7.11 Å². The van der Waals surface area contributed by atoms with Crippen LogP contribution in [0.3, 0.4) is 0 Å². The lowest BCUT2D eigenvalue weighted by Crippen LogP contribution is -2.09. The van der Waals surface area contributed by atoms with E-state index in [2.05, 4.69) is 19.9 Å². The Morgan fingerprint density at radius 2 is 1.81 bits per heavy atom. The molecule has 0 unspecified atom stereocenters. The first-order valence-electron chi connectivity index (χ1n) is 10.5. The minimum atomic E-state index is -4.79. The molecule has 0 spiro atoms. The summed E-state index contributed by atoms with van der Waals surface area (Å²) in [6, 6.07) is 12.8. The minimum absolute atomic E-state index is 0.0818. The lowest BCUT2D eigenvalue weighted by atomic mass is 9.97. The van der Waals surface area contributed by atoms with Crippen molar-refractivity contribution in [3.05, 3.63) is 77.9 Å². The number of aryl methyl sites for hydroxylation is 1. The van der Waals surface area contributed by atoms with Gasteiger partial charge in [0.2, 0.25) is 5.89 Å². The van der Waals surface area contributed by atoms with Crippen LogP contribution in [0.25, 0.3) is 45.1 Å². The van der Waals surface area contributed by atoms with E-state index in [-0.39, 0.29) is 17.0 Å². The Labute approximate surface area is 201 Å². The van der Waals surface area contributed by atoms with Crippen LogP contribution in [0.4, 0.5) is 17.6 Å². The number of esters is 1. The molecule has 5 rings (SSSR count). The zero-order valence-electron chi connectivity index (χ0n) is 18.8. The van der Waals surface area contributed by atoms with Crippen molar-refractivity contribution in [1.82, 2.24) is 19.7 Å². The summed E-state index contributed by atoms with van der Waals surface area (Å²) >= 11 is 0. The van der Waals surface area contributed by atoms with Crippen molar-refractivity contribution in [3.63, 3.8) is 0 Å². The molecular formula is C25H16F4N4O3. The van der Waals surface area contributed by atoms with E-state index in [9.17, 15) is 22.4 Å². The summed E-state index contributed by atoms with van der Waals surface area (Å²) < 4.78 is 67.0. The van der Waals surface area contributed by atoms with Crippen LogP contribution in [0, 0.1) is 5.82 Å². The highest BCUT2D eigenvalue weighted by molar-refractivity contribution is 5.95. The molecule has 0 amide bonds. The van der Waals surface area contributed by atoms with Gasteiger partial charge in [-0.1, -0.05) is 18.2 Å². The third-order valence-corrected chi connectivity index (χ3v) is 5.57. The summed E-state index contributed by atoms with van der Waals surface area (Å²) in [5.41, 5.74) is 0.0122. The van der Waals surface area contributed by atoms with Gasteiger partial charge in [-0.15, -0.1) is 10.2 Å². The molecule has 0 radical (unpaired) electrons. The molecule has 2 aromatic heterocycles. The highest BCUT2D eigenvalue weighted by atomic mass is 19.4. The molecule has 0 bridgehead atoms. The third-order valence-electron chi connectivity index (χ3n) is 5.57. The van der Waals surface area contributed by atoms with E-state index >= 15 is 0 Å². The van der Waals surface area contributed by atoms with Gasteiger partial charge >= 0.3 is 12.1 Å². The van der Waals surface area contributed by atoms with Crippen LogP contribution in [0.1, 0.15) is 15.9 Å². The molecule has 36 heavy (non-hydrogen) atoms. The van der Waals surface area contributed by atoms with Crippen LogP contribution in [-0.4, -0.2) is 32.8 Å². The van der Waals surface area contributed by atoms with Gasteiger partial charge in [0.15, 0.2) is 11.4 Å². The van der Waals surface area contributed by atoms with Crippen molar-refractivity contribution >= 4 is 17.1 Å². The highest BCUT2D eigenvalue weighted by Gasteiger charge is 2.36. The van der Waals surface area contributed by atoms with E-state index in [1.165, 1.54) is 24.5 Å². The van der Waals surface area contributed by atoms with Gasteiger partial charge in [0, 0.05) is 18.2 Å². The first-order valence-corrected chi connectivity index (χ1v) is 10.5. The van der Waals surface area contributed by atoms with Crippen molar-refractivity contribution in [2.24, 2.45) is 7.05 Å². The monoisotopic (exact) mass is 496 g/mol. The molecule has 182 valence electrons. The largest absolute Gasteiger partial charge is 0.465 e. The molecule has 0 aliphatic carbocycles. The van der Waals surface area contributed by atoms with Crippen molar-refractivity contribution in [1.29, 1.82) is 0 Å². The van der Waals surface area contributed by atoms with Crippen molar-refractivity contribution in [2.75, 3.05) is 7.11 Å². The second-order valence-corrected chi connectivity index (χ2v) is 7.92. The van der Waals surface area contributed by atoms with Gasteiger partial charge in [-0.3, -0.25) is 0 Å². The van der Waals surface area contributed by atoms with Gasteiger partial charge in [-0.05, 0) is 47.5 Å². The number of hydrogen-bond donors (Lipinski definition) is 0. The number of halogens is 4. The highest BCUT2D eigenvalue weighted by Crippen LogP contribution is 2.39. The van der Waals surface area contributed by atoms with Crippen LogP contribution < -0.4 is 0 Å². The molecule has 0 saturated heterocycles. The van der Waals surface area contributed by atoms with E-state index in [4.69, 9.17) is 4.42 Å². The number of nitrogens with zero attached hydrogens (tertiary/aromatic N) is 4. The maximum atomic E-state index is 14.1. The van der Waals surface area contributed by atoms with Gasteiger partial charge in [-0.25, -0.2) is 14.2 Å². The molecule has 0 fully saturated rings. The Hall–Kier alpha value is -4.54. The zero-order chi connectivity index (χ0) is 25.6. The van der Waals surface area contributed by atoms with Crippen LogP contribution in [0.5, 0.6) is 0 Å². The summed E-state index contributed by atoms with van der Waals surface area (Å²) in [6.07, 6.45) is -3.31. The topological polar surface area (TPSA) is 83.0 Å². The fourth-order valence-corrected chi connectivity index (χ4v) is 3.90. The lowest BCUT2D eigenvalue weighted by molar-refractivity contribution is -0.136. The van der Waals surface area contributed by atoms with Gasteiger partial charge in [0.1, 0.15) is 23.2 Å². The first-order chi connectivity index (χ1) is 17.2. The normalized spacial score (nSPS) is 11.7. The van der Waals surface area contributed by atoms with E-state index in [1.54, 1.807) is 41.9 Å². The van der Waals surface area contributed by atoms with Crippen molar-refractivity contribution in [3.8, 4) is 34.0 Å². The summed E-state index contributed by atoms with van der Waals surface area (Å²) in [6.45, 7) is 0. The number of alkyl halides is 3. The van der Waals surface area contributed by atoms with Gasteiger partial charge in [-0.2, -0.15) is 13.2 Å². The molecule has 0 saturated carbocycles. The Balaban J connectivity index is 1.65. The quantitative estimate of drug-likeness (QED) is 0.228. The molecule has 0 aliphatic rings. The molecule has 5 aromatic rings. The Bertz CT molecular complexity index is 1620. The van der Waals surface area contributed by atoms with Crippen molar-refractivity contribution in [2.45, 2.75) is 6.18 Å². The fraction of sp³-hybridized carbons (Fsp3) is 0.120. The number of methoxy groups -OCH3 is 1. The average molecular weight is 496 g/mol. The van der Waals surface area contributed by atoms with Crippen LogP contribution in [0.2, 0.25) is 0 Å². The number of rotatable bonds is 4. The van der Waals surface area contributed by atoms with E-state index in [1.807, 2.05) is 0 Å². The summed E-state index contributed by atoms with van der Waals surface area (Å²) in [7, 11) is 2.80. The Morgan fingerprint density at radius 1 is 1.03 bits per heavy atom. The molecule has 11 heteroatoms. The Morgan fingerprint density at radius 3 is 2.50 bits per heavy atom. The van der Waals surface area contributed by atoms with E-state index in [0.29, 0.717) is 34.1 Å². The van der Waals surface area contributed by atoms with Gasteiger partial charge in [0.05, 0.1) is 12.7 Å². The Kier molecular flexibility index (Phi) is 5.54. The third kappa shape index (κ3) is 4.08. The van der Waals surface area contributed by atoms with Gasteiger partial charge in [0.25, 0.3) is 0 Å². The van der Waals surface area contributed by atoms with E-state index < -0.39 is 29.1 Å². The zero-order valence-corrected chi connectivity index (χ0v) is 18.8. The molecule has 0 aliphatic heterocycles. The summed E-state index contributed by atoms with van der Waals surface area (Å²) in [5, 5.41) is 7.90. The van der Waals surface area contributed by atoms with Crippen LogP contribution >= 0.6 is 0 Å². The maximum Gasteiger partial charge on any atom is 0.420 e. The lowest BCUT2D eigenvalue weighted by Gasteiger charge is -2.10. The molecule has 3 aromatic carbocycles. The first kappa shape index (κ1) is 23.2. The molecule has 2 heterocycles. The predicted octanol–water partition coefficient (Wildman–Crippen LogP) is 5.90. The number of benzene rings is 3. The van der Waals surface area contributed by atoms with Crippen molar-refractivity contribution < 1.29 is 31.5 Å². The number of carbonyl (C=O) groups excluding carboxylic acids is 1. The number of oxazole rings is 1. The van der Waals surface area contributed by atoms with Crippen LogP contribution in [0.15, 0.2) is 65.3 Å². The smallest absolute Gasteiger partial charge is 0.420 e. The number of ether oxygens (including phenoxy) is 1. The SMILES string of the molecule is COC(=O)c1cc(C(F)(F)F)c2oc(-c3cccc(-c4ccc(F)cc4-c4nncn4C)c3)nc2c1. The minimum Gasteiger partial charge on any atom is -0.465 e. The molecule has 0 N–H and O–H groups in total. The second-order valence-electron chi connectivity index (χ2n) is 7.92. The second kappa shape index (κ2) is 8.59. The van der Waals surface area contributed by atoms with Gasteiger partial charge < -0.3 is 13.7 Å². The average Bonchev–Trinajstić information content (AvgIpc) is 3.48. The molecule has 0 atom stereocenters. The maximum absolute atomic E-state index is 14.1. The number of carbonyl (C=O) groups is 1. The number of fused-ring (bicyclic) bond motifs is 1. The summed E-state index contributed by atoms with van der Waals surface area (Å²) in [4.78, 5) is 16.1. The number of aromatic nitrogens is 4. The molecular weight excluding hydrogens is 480 g/mol. The van der Waals surface area contributed by atoms with Crippen LogP contribution in [-0.2, 0) is 18.0 Å². The summed E-state index contributed by atoms with van der Waals surface area (Å²) in [5.74, 6) is -1.04. The fourth-order valence-electron chi connectivity index (χ4n) is 3.90. The molecule has 7 nitrogen and oxygen atoms in total. The number of hydrogen-bond acceptors (Lipinski definition) is 6. The standard InChI is InChI=1S/C25H16F4N4O3/c1-33-12-30-32-22(33)18-11-16(26)6-7-17(18)13-4-3-5-14(8-13)23-31-20-10-15(24(34)35-2)9-19(21(20)36-23)25(27,28)29/h3-12H,1-2H3. The predicted molar refractivity (Wildman–Crippen MR) is 121 cm³/mol.